The molecule has 2 atom stereocenters. The van der Waals surface area contributed by atoms with Crippen LogP contribution < -0.4 is 11.1 Å². The maximum absolute atomic E-state index is 11.8. The van der Waals surface area contributed by atoms with Crippen LogP contribution >= 0.6 is 0 Å². The number of piperidine rings is 1. The van der Waals surface area contributed by atoms with Crippen molar-refractivity contribution >= 4 is 5.91 Å². The van der Waals surface area contributed by atoms with Gasteiger partial charge in [-0.2, -0.15) is 0 Å². The molecule has 0 aromatic rings. The van der Waals surface area contributed by atoms with Crippen molar-refractivity contribution in [1.29, 1.82) is 0 Å². The molecule has 1 saturated heterocycles. The quantitative estimate of drug-likeness (QED) is 0.771. The van der Waals surface area contributed by atoms with E-state index in [0.29, 0.717) is 12.3 Å². The number of rotatable bonds is 5. The summed E-state index contributed by atoms with van der Waals surface area (Å²) in [7, 11) is 0. The summed E-state index contributed by atoms with van der Waals surface area (Å²) in [5.41, 5.74) is 5.98. The first-order chi connectivity index (χ1) is 8.75. The van der Waals surface area contributed by atoms with Crippen molar-refractivity contribution < 1.29 is 4.79 Å². The SMILES string of the molecule is N[C@@H]1CCC[C@H]1CC(=O)NCCN1CCCCC1. The van der Waals surface area contributed by atoms with Crippen LogP contribution in [0.3, 0.4) is 0 Å². The van der Waals surface area contributed by atoms with Crippen LogP contribution in [0.15, 0.2) is 0 Å². The number of nitrogens with two attached hydrogens (primary N) is 1. The Bertz CT molecular complexity index is 264. The summed E-state index contributed by atoms with van der Waals surface area (Å²) in [6.45, 7) is 4.19. The van der Waals surface area contributed by atoms with E-state index in [4.69, 9.17) is 5.73 Å². The second-order valence-corrected chi connectivity index (χ2v) is 5.81. The molecule has 2 aliphatic rings. The van der Waals surface area contributed by atoms with Crippen LogP contribution in [0, 0.1) is 5.92 Å². The van der Waals surface area contributed by atoms with E-state index < -0.39 is 0 Å². The van der Waals surface area contributed by atoms with Crippen LogP contribution in [0.2, 0.25) is 0 Å². The van der Waals surface area contributed by atoms with E-state index in [1.807, 2.05) is 0 Å². The van der Waals surface area contributed by atoms with Gasteiger partial charge in [0.15, 0.2) is 0 Å². The zero-order chi connectivity index (χ0) is 12.8. The van der Waals surface area contributed by atoms with Crippen molar-refractivity contribution in [2.24, 2.45) is 11.7 Å². The van der Waals surface area contributed by atoms with Gasteiger partial charge in [-0.05, 0) is 44.7 Å². The van der Waals surface area contributed by atoms with Gasteiger partial charge >= 0.3 is 0 Å². The van der Waals surface area contributed by atoms with Crippen molar-refractivity contribution in [2.75, 3.05) is 26.2 Å². The standard InChI is InChI=1S/C14H27N3O/c15-13-6-4-5-12(13)11-14(18)16-7-10-17-8-2-1-3-9-17/h12-13H,1-11,15H2,(H,16,18)/t12-,13+/m0/s1. The van der Waals surface area contributed by atoms with E-state index in [2.05, 4.69) is 10.2 Å². The Morgan fingerprint density at radius 2 is 1.94 bits per heavy atom. The lowest BCUT2D eigenvalue weighted by atomic mass is 10.00. The number of carbonyl (C=O) groups is 1. The summed E-state index contributed by atoms with van der Waals surface area (Å²) in [6.07, 6.45) is 8.01. The number of nitrogens with zero attached hydrogens (tertiary/aromatic N) is 1. The van der Waals surface area contributed by atoms with Crippen LogP contribution in [0.4, 0.5) is 0 Å². The highest BCUT2D eigenvalue weighted by Gasteiger charge is 2.25. The Morgan fingerprint density at radius 3 is 2.61 bits per heavy atom. The third-order valence-electron chi connectivity index (χ3n) is 4.36. The highest BCUT2D eigenvalue weighted by molar-refractivity contribution is 5.76. The van der Waals surface area contributed by atoms with Gasteiger partial charge in [0.2, 0.25) is 5.91 Å². The van der Waals surface area contributed by atoms with E-state index in [1.54, 1.807) is 0 Å². The monoisotopic (exact) mass is 253 g/mol. The van der Waals surface area contributed by atoms with Gasteiger partial charge in [0, 0.05) is 25.6 Å². The topological polar surface area (TPSA) is 58.4 Å². The molecule has 4 nitrogen and oxygen atoms in total. The molecule has 1 heterocycles. The highest BCUT2D eigenvalue weighted by Crippen LogP contribution is 2.26. The van der Waals surface area contributed by atoms with Crippen LogP contribution in [0.1, 0.15) is 44.9 Å². The molecule has 0 unspecified atom stereocenters. The predicted octanol–water partition coefficient (Wildman–Crippen LogP) is 1.11. The number of hydrogen-bond acceptors (Lipinski definition) is 3. The fourth-order valence-electron chi connectivity index (χ4n) is 3.17. The smallest absolute Gasteiger partial charge is 0.220 e. The van der Waals surface area contributed by atoms with Gasteiger partial charge in [-0.1, -0.05) is 12.8 Å². The molecule has 1 saturated carbocycles. The first kappa shape index (κ1) is 13.8. The molecule has 0 spiro atoms. The maximum Gasteiger partial charge on any atom is 0.220 e. The van der Waals surface area contributed by atoms with Crippen molar-refractivity contribution in [3.05, 3.63) is 0 Å². The molecule has 4 heteroatoms. The lowest BCUT2D eigenvalue weighted by Crippen LogP contribution is -2.38. The minimum atomic E-state index is 0.189. The van der Waals surface area contributed by atoms with Crippen LogP contribution in [0.5, 0.6) is 0 Å². The molecular formula is C14H27N3O. The summed E-state index contributed by atoms with van der Waals surface area (Å²) in [5, 5.41) is 3.04. The van der Waals surface area contributed by atoms with Crippen molar-refractivity contribution in [3.63, 3.8) is 0 Å². The van der Waals surface area contributed by atoms with E-state index >= 15 is 0 Å². The van der Waals surface area contributed by atoms with Crippen LogP contribution in [-0.2, 0) is 4.79 Å². The van der Waals surface area contributed by atoms with Gasteiger partial charge in [0.25, 0.3) is 0 Å². The van der Waals surface area contributed by atoms with Crippen molar-refractivity contribution in [2.45, 2.75) is 51.0 Å². The molecule has 0 aromatic carbocycles. The first-order valence-corrected chi connectivity index (χ1v) is 7.50. The zero-order valence-corrected chi connectivity index (χ0v) is 11.4. The van der Waals surface area contributed by atoms with E-state index in [-0.39, 0.29) is 11.9 Å². The molecule has 2 rings (SSSR count). The molecule has 1 amide bonds. The summed E-state index contributed by atoms with van der Waals surface area (Å²) in [6, 6.07) is 0.248. The molecule has 104 valence electrons. The van der Waals surface area contributed by atoms with E-state index in [1.165, 1.54) is 38.8 Å². The molecule has 2 fully saturated rings. The number of carbonyl (C=O) groups excluding carboxylic acids is 1. The van der Waals surface area contributed by atoms with Gasteiger partial charge in [0.05, 0.1) is 0 Å². The minimum Gasteiger partial charge on any atom is -0.355 e. The molecule has 0 bridgehead atoms. The number of nitrogens with one attached hydrogen (secondary N) is 1. The predicted molar refractivity (Wildman–Crippen MR) is 73.2 cm³/mol. The molecule has 18 heavy (non-hydrogen) atoms. The van der Waals surface area contributed by atoms with Crippen LogP contribution in [-0.4, -0.2) is 43.0 Å². The normalized spacial score (nSPS) is 29.4. The Labute approximate surface area is 110 Å². The fourth-order valence-corrected chi connectivity index (χ4v) is 3.17. The van der Waals surface area contributed by atoms with E-state index in [9.17, 15) is 4.79 Å². The van der Waals surface area contributed by atoms with Crippen molar-refractivity contribution in [1.82, 2.24) is 10.2 Å². The van der Waals surface area contributed by atoms with Gasteiger partial charge < -0.3 is 16.0 Å². The first-order valence-electron chi connectivity index (χ1n) is 7.50. The summed E-state index contributed by atoms with van der Waals surface area (Å²) < 4.78 is 0. The lowest BCUT2D eigenvalue weighted by molar-refractivity contribution is -0.122. The molecule has 0 radical (unpaired) electrons. The Morgan fingerprint density at radius 1 is 1.17 bits per heavy atom. The number of amides is 1. The number of hydrogen-bond donors (Lipinski definition) is 2. The van der Waals surface area contributed by atoms with Gasteiger partial charge in [0.1, 0.15) is 0 Å². The fraction of sp³-hybridized carbons (Fsp3) is 0.929. The average molecular weight is 253 g/mol. The largest absolute Gasteiger partial charge is 0.355 e. The second kappa shape index (κ2) is 7.10. The van der Waals surface area contributed by atoms with E-state index in [0.717, 1.165) is 25.9 Å². The summed E-state index contributed by atoms with van der Waals surface area (Å²) in [4.78, 5) is 14.3. The summed E-state index contributed by atoms with van der Waals surface area (Å²) >= 11 is 0. The molecule has 3 N–H and O–H groups in total. The number of likely N-dealkylation sites (tertiary alicyclic amines) is 1. The average Bonchev–Trinajstić information content (AvgIpc) is 2.76. The second-order valence-electron chi connectivity index (χ2n) is 5.81. The summed E-state index contributed by atoms with van der Waals surface area (Å²) in [5.74, 6) is 0.606. The van der Waals surface area contributed by atoms with Gasteiger partial charge in [-0.15, -0.1) is 0 Å². The van der Waals surface area contributed by atoms with Gasteiger partial charge in [-0.3, -0.25) is 4.79 Å². The zero-order valence-electron chi connectivity index (χ0n) is 11.4. The lowest BCUT2D eigenvalue weighted by Gasteiger charge is -2.26. The van der Waals surface area contributed by atoms with Crippen LogP contribution in [0.25, 0.3) is 0 Å². The third-order valence-corrected chi connectivity index (χ3v) is 4.36. The Balaban J connectivity index is 1.56. The molecular weight excluding hydrogens is 226 g/mol. The van der Waals surface area contributed by atoms with Crippen molar-refractivity contribution in [3.8, 4) is 0 Å². The molecule has 0 aromatic heterocycles. The Kier molecular flexibility index (Phi) is 5.45. The minimum absolute atomic E-state index is 0.189. The maximum atomic E-state index is 11.8. The third kappa shape index (κ3) is 4.25. The highest BCUT2D eigenvalue weighted by atomic mass is 16.1. The molecule has 1 aliphatic carbocycles. The Hall–Kier alpha value is -0.610. The van der Waals surface area contributed by atoms with Gasteiger partial charge in [-0.25, -0.2) is 0 Å². The molecule has 1 aliphatic heterocycles.